The van der Waals surface area contributed by atoms with Crippen LogP contribution in [0.15, 0.2) is 77.6 Å². The van der Waals surface area contributed by atoms with Gasteiger partial charge in [-0.2, -0.15) is 5.10 Å². The third-order valence-corrected chi connectivity index (χ3v) is 5.42. The van der Waals surface area contributed by atoms with E-state index in [4.69, 9.17) is 0 Å². The molecule has 3 amide bonds. The number of nitrogens with one attached hydrogen (secondary N) is 2. The molecule has 32 heavy (non-hydrogen) atoms. The topological polar surface area (TPSA) is 96.3 Å². The Morgan fingerprint density at radius 1 is 0.906 bits per heavy atom. The molecule has 3 aromatic rings. The summed E-state index contributed by atoms with van der Waals surface area (Å²) in [6, 6.07) is 21.4. The van der Waals surface area contributed by atoms with E-state index in [1.165, 1.54) is 16.8 Å². The van der Waals surface area contributed by atoms with Crippen LogP contribution in [0.25, 0.3) is 0 Å². The van der Waals surface area contributed by atoms with Gasteiger partial charge in [-0.15, -0.1) is 0 Å². The highest BCUT2D eigenvalue weighted by Gasteiger charge is 2.24. The predicted molar refractivity (Wildman–Crippen MR) is 122 cm³/mol. The molecule has 2 N–H and O–H groups in total. The Balaban J connectivity index is 1.31. The molecule has 2 heterocycles. The highest BCUT2D eigenvalue weighted by molar-refractivity contribution is 5.92. The quantitative estimate of drug-likeness (QED) is 0.649. The summed E-state index contributed by atoms with van der Waals surface area (Å²) in [5.41, 5.74) is 1.62. The second kappa shape index (κ2) is 9.91. The number of amides is 3. The summed E-state index contributed by atoms with van der Waals surface area (Å²) < 4.78 is 1.29. The first-order chi connectivity index (χ1) is 15.6. The Morgan fingerprint density at radius 3 is 2.25 bits per heavy atom. The van der Waals surface area contributed by atoms with E-state index in [0.717, 1.165) is 11.3 Å². The van der Waals surface area contributed by atoms with Gasteiger partial charge in [-0.3, -0.25) is 9.59 Å². The van der Waals surface area contributed by atoms with Gasteiger partial charge in [-0.1, -0.05) is 48.5 Å². The van der Waals surface area contributed by atoms with E-state index in [0.29, 0.717) is 32.5 Å². The second-order valence-electron chi connectivity index (χ2n) is 7.73. The molecule has 164 valence electrons. The minimum atomic E-state index is -0.320. The number of carbonyl (C=O) groups excluding carboxylic acids is 2. The van der Waals surface area contributed by atoms with Crippen LogP contribution >= 0.6 is 0 Å². The molecule has 0 unspecified atom stereocenters. The predicted octanol–water partition coefficient (Wildman–Crippen LogP) is 2.72. The number of para-hydroxylation sites is 1. The molecular formula is C24H25N5O3. The van der Waals surface area contributed by atoms with Crippen molar-refractivity contribution in [2.75, 3.05) is 18.4 Å². The molecule has 4 rings (SSSR count). The average molecular weight is 431 g/mol. The molecule has 0 bridgehead atoms. The Labute approximate surface area is 185 Å². The molecule has 0 aliphatic carbocycles. The second-order valence-corrected chi connectivity index (χ2v) is 7.73. The van der Waals surface area contributed by atoms with E-state index in [1.54, 1.807) is 4.90 Å². The largest absolute Gasteiger partial charge is 0.348 e. The van der Waals surface area contributed by atoms with E-state index in [9.17, 15) is 14.4 Å². The van der Waals surface area contributed by atoms with Gasteiger partial charge in [0.05, 0.1) is 6.54 Å². The number of nitrogens with zero attached hydrogens (tertiary/aromatic N) is 3. The number of likely N-dealkylation sites (tertiary alicyclic amines) is 1. The van der Waals surface area contributed by atoms with Gasteiger partial charge in [0.25, 0.3) is 11.5 Å². The fourth-order valence-corrected chi connectivity index (χ4v) is 3.65. The molecule has 1 aromatic heterocycles. The summed E-state index contributed by atoms with van der Waals surface area (Å²) in [5.74, 6) is -0.320. The molecule has 8 heteroatoms. The lowest BCUT2D eigenvalue weighted by Crippen LogP contribution is -2.48. The molecule has 2 aromatic carbocycles. The molecule has 1 aliphatic heterocycles. The van der Waals surface area contributed by atoms with Crippen molar-refractivity contribution < 1.29 is 9.59 Å². The number of carbonyl (C=O) groups is 2. The van der Waals surface area contributed by atoms with Crippen LogP contribution in [0.1, 0.15) is 28.9 Å². The number of hydrogen-bond donors (Lipinski definition) is 2. The average Bonchev–Trinajstić information content (AvgIpc) is 2.82. The zero-order chi connectivity index (χ0) is 22.3. The SMILES string of the molecule is O=C(NC1CCN(C(=O)Nc2ccccc2)CC1)c1ccc(=O)n(Cc2ccccc2)n1. The van der Waals surface area contributed by atoms with E-state index in [-0.39, 0.29) is 29.2 Å². The fraction of sp³-hybridized carbons (Fsp3) is 0.250. The van der Waals surface area contributed by atoms with E-state index in [2.05, 4.69) is 15.7 Å². The van der Waals surface area contributed by atoms with Crippen molar-refractivity contribution in [1.82, 2.24) is 20.0 Å². The van der Waals surface area contributed by atoms with Crippen LogP contribution in [0, 0.1) is 0 Å². The molecule has 1 aliphatic rings. The molecule has 1 fully saturated rings. The zero-order valence-electron chi connectivity index (χ0n) is 17.6. The Morgan fingerprint density at radius 2 is 1.56 bits per heavy atom. The van der Waals surface area contributed by atoms with Crippen LogP contribution in [0.2, 0.25) is 0 Å². The minimum Gasteiger partial charge on any atom is -0.348 e. The van der Waals surface area contributed by atoms with Crippen LogP contribution in [-0.2, 0) is 6.54 Å². The lowest BCUT2D eigenvalue weighted by atomic mass is 10.1. The zero-order valence-corrected chi connectivity index (χ0v) is 17.6. The number of urea groups is 1. The van der Waals surface area contributed by atoms with E-state index >= 15 is 0 Å². The van der Waals surface area contributed by atoms with Crippen LogP contribution in [0.4, 0.5) is 10.5 Å². The summed E-state index contributed by atoms with van der Waals surface area (Å²) >= 11 is 0. The lowest BCUT2D eigenvalue weighted by molar-refractivity contribution is 0.0911. The minimum absolute atomic E-state index is 0.0559. The fourth-order valence-electron chi connectivity index (χ4n) is 3.65. The highest BCUT2D eigenvalue weighted by Crippen LogP contribution is 2.14. The smallest absolute Gasteiger partial charge is 0.321 e. The first-order valence-electron chi connectivity index (χ1n) is 10.6. The van der Waals surface area contributed by atoms with Crippen molar-refractivity contribution in [3.05, 3.63) is 94.4 Å². The number of benzene rings is 2. The van der Waals surface area contributed by atoms with Gasteiger partial charge in [0.1, 0.15) is 5.69 Å². The molecule has 0 spiro atoms. The van der Waals surface area contributed by atoms with Gasteiger partial charge in [-0.25, -0.2) is 9.48 Å². The van der Waals surface area contributed by atoms with E-state index in [1.807, 2.05) is 60.7 Å². The van der Waals surface area contributed by atoms with Crippen LogP contribution in [-0.4, -0.2) is 45.8 Å². The maximum absolute atomic E-state index is 12.7. The summed E-state index contributed by atoms with van der Waals surface area (Å²) in [5, 5.41) is 10.1. The highest BCUT2D eigenvalue weighted by atomic mass is 16.2. The first-order valence-corrected chi connectivity index (χ1v) is 10.6. The Hall–Kier alpha value is -3.94. The Kier molecular flexibility index (Phi) is 6.60. The van der Waals surface area contributed by atoms with E-state index < -0.39 is 0 Å². The number of piperidine rings is 1. The summed E-state index contributed by atoms with van der Waals surface area (Å²) in [6.45, 7) is 1.39. The monoisotopic (exact) mass is 431 g/mol. The van der Waals surface area contributed by atoms with Crippen LogP contribution in [0.5, 0.6) is 0 Å². The maximum atomic E-state index is 12.7. The molecular weight excluding hydrogens is 406 g/mol. The summed E-state index contributed by atoms with van der Waals surface area (Å²) in [4.78, 5) is 39.0. The summed E-state index contributed by atoms with van der Waals surface area (Å²) in [6.07, 6.45) is 1.30. The van der Waals surface area contributed by atoms with Gasteiger partial charge >= 0.3 is 6.03 Å². The van der Waals surface area contributed by atoms with Crippen molar-refractivity contribution in [3.8, 4) is 0 Å². The number of hydrogen-bond acceptors (Lipinski definition) is 4. The van der Waals surface area contributed by atoms with Crippen molar-refractivity contribution in [1.29, 1.82) is 0 Å². The third kappa shape index (κ3) is 5.40. The van der Waals surface area contributed by atoms with Gasteiger partial charge in [-0.05, 0) is 36.6 Å². The van der Waals surface area contributed by atoms with Gasteiger partial charge < -0.3 is 15.5 Å². The molecule has 8 nitrogen and oxygen atoms in total. The van der Waals surface area contributed by atoms with Crippen LogP contribution in [0.3, 0.4) is 0 Å². The molecule has 1 saturated heterocycles. The number of rotatable bonds is 5. The van der Waals surface area contributed by atoms with Crippen molar-refractivity contribution in [2.45, 2.75) is 25.4 Å². The molecule has 0 radical (unpaired) electrons. The van der Waals surface area contributed by atoms with Gasteiger partial charge in [0, 0.05) is 30.9 Å². The van der Waals surface area contributed by atoms with Crippen molar-refractivity contribution in [3.63, 3.8) is 0 Å². The Bertz CT molecular complexity index is 1120. The summed E-state index contributed by atoms with van der Waals surface area (Å²) in [7, 11) is 0. The molecule has 0 saturated carbocycles. The van der Waals surface area contributed by atoms with Gasteiger partial charge in [0.15, 0.2) is 0 Å². The standard InChI is InChI=1S/C24H25N5O3/c30-22-12-11-21(27-29(22)17-18-7-3-1-4-8-18)23(31)25-20-13-15-28(16-14-20)24(32)26-19-9-5-2-6-10-19/h1-12,20H,13-17H2,(H,25,31)(H,26,32). The third-order valence-electron chi connectivity index (χ3n) is 5.42. The lowest BCUT2D eigenvalue weighted by Gasteiger charge is -2.32. The first kappa shape index (κ1) is 21.3. The van der Waals surface area contributed by atoms with Gasteiger partial charge in [0.2, 0.25) is 0 Å². The van der Waals surface area contributed by atoms with Crippen molar-refractivity contribution in [2.24, 2.45) is 0 Å². The molecule has 0 atom stereocenters. The number of anilines is 1. The van der Waals surface area contributed by atoms with Crippen molar-refractivity contribution >= 4 is 17.6 Å². The normalized spacial score (nSPS) is 14.1. The van der Waals surface area contributed by atoms with Crippen LogP contribution < -0.4 is 16.2 Å². The number of aromatic nitrogens is 2. The maximum Gasteiger partial charge on any atom is 0.321 e.